The predicted octanol–water partition coefficient (Wildman–Crippen LogP) is 1.09. The number of hydrogen-bond acceptors (Lipinski definition) is 3. The van der Waals surface area contributed by atoms with E-state index in [9.17, 15) is 9.59 Å². The maximum atomic E-state index is 12.3. The number of anilines is 1. The molecule has 1 N–H and O–H groups in total. The van der Waals surface area contributed by atoms with Gasteiger partial charge in [-0.1, -0.05) is 18.2 Å². The lowest BCUT2D eigenvalue weighted by Crippen LogP contribution is -2.53. The summed E-state index contributed by atoms with van der Waals surface area (Å²) in [5, 5.41) is 3.53. The molecule has 1 aromatic carbocycles. The third-order valence-corrected chi connectivity index (χ3v) is 4.55. The second-order valence-electron chi connectivity index (χ2n) is 6.11. The first kappa shape index (κ1) is 14.1. The van der Waals surface area contributed by atoms with Crippen LogP contribution in [0.4, 0.5) is 5.69 Å². The highest BCUT2D eigenvalue weighted by molar-refractivity contribution is 6.05. The minimum Gasteiger partial charge on any atom is -0.335 e. The molecule has 0 spiro atoms. The van der Waals surface area contributed by atoms with E-state index in [1.807, 2.05) is 18.2 Å². The number of rotatable bonds is 2. The first-order valence-electron chi connectivity index (χ1n) is 7.40. The fourth-order valence-electron chi connectivity index (χ4n) is 3.24. The lowest BCUT2D eigenvalue weighted by molar-refractivity contribution is -0.136. The van der Waals surface area contributed by atoms with E-state index in [2.05, 4.69) is 18.3 Å². The summed E-state index contributed by atoms with van der Waals surface area (Å²) in [5.41, 5.74) is 1.84. The van der Waals surface area contributed by atoms with Crippen molar-refractivity contribution in [3.63, 3.8) is 0 Å². The predicted molar refractivity (Wildman–Crippen MR) is 81.0 cm³/mol. The van der Waals surface area contributed by atoms with Gasteiger partial charge in [-0.15, -0.1) is 0 Å². The van der Waals surface area contributed by atoms with Gasteiger partial charge in [-0.2, -0.15) is 0 Å². The van der Waals surface area contributed by atoms with Crippen LogP contribution in [0.25, 0.3) is 0 Å². The number of carbonyl (C=O) groups is 2. The number of para-hydroxylation sites is 1. The van der Waals surface area contributed by atoms with E-state index in [0.29, 0.717) is 0 Å². The van der Waals surface area contributed by atoms with Gasteiger partial charge in [0.2, 0.25) is 11.8 Å². The largest absolute Gasteiger partial charge is 0.335 e. The average molecular weight is 287 g/mol. The molecular formula is C16H21N3O2. The fourth-order valence-corrected chi connectivity index (χ4v) is 3.24. The van der Waals surface area contributed by atoms with Crippen molar-refractivity contribution >= 4 is 17.5 Å². The molecule has 2 saturated heterocycles. The molecule has 1 aromatic rings. The molecule has 21 heavy (non-hydrogen) atoms. The summed E-state index contributed by atoms with van der Waals surface area (Å²) in [5.74, 6) is -0.0416. The van der Waals surface area contributed by atoms with E-state index in [0.717, 1.165) is 30.6 Å². The molecule has 2 aliphatic rings. The lowest BCUT2D eigenvalue weighted by Gasteiger charge is -2.36. The van der Waals surface area contributed by atoms with Crippen molar-refractivity contribution in [2.75, 3.05) is 31.6 Å². The van der Waals surface area contributed by atoms with Crippen LogP contribution in [0.1, 0.15) is 25.3 Å². The van der Waals surface area contributed by atoms with Crippen LogP contribution < -0.4 is 10.2 Å². The molecule has 0 aromatic heterocycles. The van der Waals surface area contributed by atoms with Crippen LogP contribution in [0.2, 0.25) is 0 Å². The van der Waals surface area contributed by atoms with Crippen molar-refractivity contribution in [3.05, 3.63) is 29.8 Å². The van der Waals surface area contributed by atoms with Crippen LogP contribution in [-0.2, 0) is 15.1 Å². The van der Waals surface area contributed by atoms with E-state index in [1.54, 1.807) is 11.9 Å². The highest BCUT2D eigenvalue weighted by Gasteiger charge is 2.36. The highest BCUT2D eigenvalue weighted by atomic mass is 16.2. The van der Waals surface area contributed by atoms with Crippen molar-refractivity contribution < 1.29 is 9.59 Å². The molecule has 0 bridgehead atoms. The second kappa shape index (κ2) is 5.15. The minimum absolute atomic E-state index is 0.0195. The van der Waals surface area contributed by atoms with Crippen molar-refractivity contribution in [1.82, 2.24) is 10.2 Å². The minimum atomic E-state index is -0.122. The zero-order valence-electron chi connectivity index (χ0n) is 12.6. The SMILES string of the molecule is CN1CC(=O)N(c2ccccc2C2(C)CCCN2)CC1=O. The molecule has 0 aliphatic carbocycles. The summed E-state index contributed by atoms with van der Waals surface area (Å²) in [6.45, 7) is 3.43. The normalized spacial score (nSPS) is 26.6. The number of benzene rings is 1. The quantitative estimate of drug-likeness (QED) is 0.886. The summed E-state index contributed by atoms with van der Waals surface area (Å²) in [6.07, 6.45) is 2.17. The standard InChI is InChI=1S/C16H21N3O2/c1-16(8-5-9-17-16)12-6-3-4-7-13(12)19-11-14(20)18(2)10-15(19)21/h3-4,6-7,17H,5,8-11H2,1-2H3. The number of carbonyl (C=O) groups excluding carboxylic acids is 2. The van der Waals surface area contributed by atoms with Gasteiger partial charge in [-0.3, -0.25) is 9.59 Å². The first-order chi connectivity index (χ1) is 10.0. The number of nitrogens with zero attached hydrogens (tertiary/aromatic N) is 2. The molecule has 112 valence electrons. The maximum absolute atomic E-state index is 12.3. The Kier molecular flexibility index (Phi) is 3.45. The molecule has 2 aliphatic heterocycles. The van der Waals surface area contributed by atoms with E-state index in [4.69, 9.17) is 0 Å². The summed E-state index contributed by atoms with van der Waals surface area (Å²) in [4.78, 5) is 27.4. The number of amides is 2. The topological polar surface area (TPSA) is 52.7 Å². The molecule has 5 nitrogen and oxygen atoms in total. The molecule has 0 radical (unpaired) electrons. The molecular weight excluding hydrogens is 266 g/mol. The van der Waals surface area contributed by atoms with Gasteiger partial charge in [0.1, 0.15) is 6.54 Å². The number of likely N-dealkylation sites (N-methyl/N-ethyl adjacent to an activating group) is 1. The Bertz CT molecular complexity index is 579. The van der Waals surface area contributed by atoms with Crippen LogP contribution >= 0.6 is 0 Å². The molecule has 1 atom stereocenters. The Labute approximate surface area is 124 Å². The number of piperazine rings is 1. The van der Waals surface area contributed by atoms with Gasteiger partial charge in [0, 0.05) is 18.3 Å². The van der Waals surface area contributed by atoms with Crippen LogP contribution in [0.15, 0.2) is 24.3 Å². The monoisotopic (exact) mass is 287 g/mol. The van der Waals surface area contributed by atoms with E-state index >= 15 is 0 Å². The van der Waals surface area contributed by atoms with Gasteiger partial charge >= 0.3 is 0 Å². The fraction of sp³-hybridized carbons (Fsp3) is 0.500. The van der Waals surface area contributed by atoms with Crippen molar-refractivity contribution in [2.45, 2.75) is 25.3 Å². The molecule has 2 fully saturated rings. The third kappa shape index (κ3) is 2.42. The van der Waals surface area contributed by atoms with Gasteiger partial charge in [-0.05, 0) is 37.9 Å². The highest BCUT2D eigenvalue weighted by Crippen LogP contribution is 2.37. The van der Waals surface area contributed by atoms with Crippen LogP contribution in [-0.4, -0.2) is 43.4 Å². The Morgan fingerprint density at radius 3 is 2.62 bits per heavy atom. The number of hydrogen-bond donors (Lipinski definition) is 1. The lowest BCUT2D eigenvalue weighted by atomic mass is 9.88. The van der Waals surface area contributed by atoms with Crippen LogP contribution in [0.5, 0.6) is 0 Å². The zero-order valence-corrected chi connectivity index (χ0v) is 12.6. The Morgan fingerprint density at radius 1 is 1.14 bits per heavy atom. The summed E-state index contributed by atoms with van der Waals surface area (Å²) >= 11 is 0. The van der Waals surface area contributed by atoms with Gasteiger partial charge < -0.3 is 15.1 Å². The third-order valence-electron chi connectivity index (χ3n) is 4.55. The second-order valence-corrected chi connectivity index (χ2v) is 6.11. The molecule has 2 heterocycles. The van der Waals surface area contributed by atoms with Gasteiger partial charge in [-0.25, -0.2) is 0 Å². The molecule has 1 unspecified atom stereocenters. The van der Waals surface area contributed by atoms with Crippen LogP contribution in [0, 0.1) is 0 Å². The maximum Gasteiger partial charge on any atom is 0.247 e. The average Bonchev–Trinajstić information content (AvgIpc) is 2.91. The Hall–Kier alpha value is -1.88. The molecule has 5 heteroatoms. The van der Waals surface area contributed by atoms with Gasteiger partial charge in [0.05, 0.1) is 6.54 Å². The molecule has 0 saturated carbocycles. The van der Waals surface area contributed by atoms with Gasteiger partial charge in [0.15, 0.2) is 0 Å². The van der Waals surface area contributed by atoms with E-state index in [1.165, 1.54) is 4.90 Å². The van der Waals surface area contributed by atoms with Crippen molar-refractivity contribution in [2.24, 2.45) is 0 Å². The van der Waals surface area contributed by atoms with Gasteiger partial charge in [0.25, 0.3) is 0 Å². The smallest absolute Gasteiger partial charge is 0.247 e. The molecule has 2 amide bonds. The summed E-state index contributed by atoms with van der Waals surface area (Å²) in [6, 6.07) is 7.92. The van der Waals surface area contributed by atoms with Crippen LogP contribution in [0.3, 0.4) is 0 Å². The first-order valence-corrected chi connectivity index (χ1v) is 7.40. The summed E-state index contributed by atoms with van der Waals surface area (Å²) < 4.78 is 0. The van der Waals surface area contributed by atoms with E-state index < -0.39 is 0 Å². The summed E-state index contributed by atoms with van der Waals surface area (Å²) in [7, 11) is 1.67. The van der Waals surface area contributed by atoms with E-state index in [-0.39, 0.29) is 30.4 Å². The van der Waals surface area contributed by atoms with Crippen molar-refractivity contribution in [3.8, 4) is 0 Å². The molecule has 3 rings (SSSR count). The zero-order chi connectivity index (χ0) is 15.0. The van der Waals surface area contributed by atoms with Crippen molar-refractivity contribution in [1.29, 1.82) is 0 Å². The Morgan fingerprint density at radius 2 is 1.90 bits per heavy atom. The Balaban J connectivity index is 1.99. The number of nitrogens with one attached hydrogen (secondary N) is 1.